The molecule has 0 atom stereocenters. The summed E-state index contributed by atoms with van der Waals surface area (Å²) in [5, 5.41) is 3.75. The highest BCUT2D eigenvalue weighted by molar-refractivity contribution is 5.94. The summed E-state index contributed by atoms with van der Waals surface area (Å²) >= 11 is 0. The molecule has 0 aliphatic rings. The maximum Gasteiger partial charge on any atom is 0.251 e. The van der Waals surface area contributed by atoms with Crippen LogP contribution in [0.5, 0.6) is 0 Å². The Morgan fingerprint density at radius 3 is 2.53 bits per heavy atom. The zero-order valence-electron chi connectivity index (χ0n) is 10.5. The summed E-state index contributed by atoms with van der Waals surface area (Å²) < 4.78 is 5.06. The zero-order chi connectivity index (χ0) is 12.5. The molecule has 0 aliphatic carbocycles. The first-order chi connectivity index (χ1) is 8.31. The normalized spacial score (nSPS) is 12.1. The van der Waals surface area contributed by atoms with E-state index in [4.69, 9.17) is 9.57 Å². The van der Waals surface area contributed by atoms with Crippen LogP contribution < -0.4 is 0 Å². The van der Waals surface area contributed by atoms with Crippen molar-refractivity contribution in [2.24, 2.45) is 10.1 Å². The average Bonchev–Trinajstić information content (AvgIpc) is 2.36. The van der Waals surface area contributed by atoms with E-state index in [1.807, 2.05) is 31.2 Å². The van der Waals surface area contributed by atoms with Crippen molar-refractivity contribution in [1.82, 2.24) is 0 Å². The van der Waals surface area contributed by atoms with Crippen LogP contribution in [0.15, 0.2) is 34.4 Å². The molecule has 0 bridgehead atoms. The van der Waals surface area contributed by atoms with Crippen LogP contribution in [0.3, 0.4) is 0 Å². The maximum absolute atomic E-state index is 5.21. The monoisotopic (exact) mass is 234 g/mol. The summed E-state index contributed by atoms with van der Waals surface area (Å²) in [6.45, 7) is 5.02. The van der Waals surface area contributed by atoms with Gasteiger partial charge in [-0.2, -0.15) is 0 Å². The number of rotatable bonds is 5. The molecule has 0 heterocycles. The van der Waals surface area contributed by atoms with Gasteiger partial charge in [0.25, 0.3) is 5.90 Å². The van der Waals surface area contributed by atoms with E-state index < -0.39 is 0 Å². The number of benzene rings is 1. The van der Waals surface area contributed by atoms with Crippen LogP contribution in [-0.4, -0.2) is 25.8 Å². The Morgan fingerprint density at radius 2 is 2.00 bits per heavy atom. The zero-order valence-corrected chi connectivity index (χ0v) is 10.5. The SMILES string of the molecule is C/C=N/OC(=NCC)c1ccc(COC)cc1. The minimum absolute atomic E-state index is 0.537. The Balaban J connectivity index is 2.83. The van der Waals surface area contributed by atoms with Crippen molar-refractivity contribution in [3.05, 3.63) is 35.4 Å². The van der Waals surface area contributed by atoms with Gasteiger partial charge in [-0.1, -0.05) is 17.3 Å². The van der Waals surface area contributed by atoms with E-state index in [1.54, 1.807) is 20.2 Å². The first-order valence-electron chi connectivity index (χ1n) is 5.59. The standard InChI is InChI=1S/C13H18N2O2/c1-4-14-13(17-15-5-2)12-8-6-11(7-9-12)10-16-3/h5-9H,4,10H2,1-3H3/b14-13?,15-5+. The molecular formula is C13H18N2O2. The van der Waals surface area contributed by atoms with Crippen LogP contribution in [0.25, 0.3) is 0 Å². The first kappa shape index (κ1) is 13.4. The molecule has 4 nitrogen and oxygen atoms in total. The molecule has 1 aromatic rings. The molecule has 17 heavy (non-hydrogen) atoms. The number of methoxy groups -OCH3 is 1. The molecule has 0 amide bonds. The van der Waals surface area contributed by atoms with E-state index >= 15 is 0 Å². The van der Waals surface area contributed by atoms with Crippen molar-refractivity contribution in [3.63, 3.8) is 0 Å². The van der Waals surface area contributed by atoms with Gasteiger partial charge < -0.3 is 9.57 Å². The van der Waals surface area contributed by atoms with E-state index in [0.717, 1.165) is 11.1 Å². The van der Waals surface area contributed by atoms with Gasteiger partial charge in [-0.05, 0) is 31.5 Å². The minimum Gasteiger partial charge on any atom is -0.380 e. The molecular weight excluding hydrogens is 216 g/mol. The van der Waals surface area contributed by atoms with Crippen LogP contribution in [0, 0.1) is 0 Å². The molecule has 0 fully saturated rings. The molecule has 92 valence electrons. The lowest BCUT2D eigenvalue weighted by Gasteiger charge is -2.05. The van der Waals surface area contributed by atoms with Gasteiger partial charge in [0.05, 0.1) is 6.61 Å². The topological polar surface area (TPSA) is 43.2 Å². The summed E-state index contributed by atoms with van der Waals surface area (Å²) in [6, 6.07) is 7.88. The summed E-state index contributed by atoms with van der Waals surface area (Å²) in [5.41, 5.74) is 2.03. The fraction of sp³-hybridized carbons (Fsp3) is 0.385. The summed E-state index contributed by atoms with van der Waals surface area (Å²) in [7, 11) is 1.68. The third kappa shape index (κ3) is 4.36. The van der Waals surface area contributed by atoms with Crippen LogP contribution in [0.4, 0.5) is 0 Å². The van der Waals surface area contributed by atoms with Gasteiger partial charge in [-0.3, -0.25) is 0 Å². The second-order valence-corrected chi connectivity index (χ2v) is 3.36. The van der Waals surface area contributed by atoms with Gasteiger partial charge in [-0.15, -0.1) is 0 Å². The molecule has 0 aliphatic heterocycles. The number of oxime groups is 1. The van der Waals surface area contributed by atoms with Crippen LogP contribution in [0.1, 0.15) is 25.0 Å². The number of nitrogens with zero attached hydrogens (tertiary/aromatic N) is 2. The number of ether oxygens (including phenoxy) is 1. The summed E-state index contributed by atoms with van der Waals surface area (Å²) in [4.78, 5) is 9.46. The average molecular weight is 234 g/mol. The Labute approximate surface area is 102 Å². The van der Waals surface area contributed by atoms with Crippen molar-refractivity contribution in [1.29, 1.82) is 0 Å². The molecule has 0 unspecified atom stereocenters. The van der Waals surface area contributed by atoms with Crippen molar-refractivity contribution in [3.8, 4) is 0 Å². The molecule has 0 aromatic heterocycles. The number of aliphatic imine (C=N–C) groups is 1. The van der Waals surface area contributed by atoms with Crippen molar-refractivity contribution < 1.29 is 9.57 Å². The van der Waals surface area contributed by atoms with E-state index in [-0.39, 0.29) is 0 Å². The van der Waals surface area contributed by atoms with Gasteiger partial charge in [0, 0.05) is 25.4 Å². The highest BCUT2D eigenvalue weighted by Gasteiger charge is 2.04. The Bertz CT molecular complexity index is 383. The maximum atomic E-state index is 5.21. The highest BCUT2D eigenvalue weighted by Crippen LogP contribution is 2.08. The Kier molecular flexibility index (Phi) is 5.96. The lowest BCUT2D eigenvalue weighted by Crippen LogP contribution is -2.04. The Morgan fingerprint density at radius 1 is 1.29 bits per heavy atom. The molecule has 4 heteroatoms. The van der Waals surface area contributed by atoms with Gasteiger partial charge in [-0.25, -0.2) is 4.99 Å². The largest absolute Gasteiger partial charge is 0.380 e. The molecule has 1 aromatic carbocycles. The molecule has 0 saturated heterocycles. The summed E-state index contributed by atoms with van der Waals surface area (Å²) in [6.07, 6.45) is 1.59. The number of hydrogen-bond acceptors (Lipinski definition) is 4. The van der Waals surface area contributed by atoms with E-state index in [2.05, 4.69) is 10.1 Å². The van der Waals surface area contributed by atoms with E-state index in [9.17, 15) is 0 Å². The van der Waals surface area contributed by atoms with Gasteiger partial charge in [0.15, 0.2) is 0 Å². The van der Waals surface area contributed by atoms with Gasteiger partial charge in [0.1, 0.15) is 0 Å². The van der Waals surface area contributed by atoms with E-state index in [1.165, 1.54) is 0 Å². The van der Waals surface area contributed by atoms with Crippen molar-refractivity contribution in [2.75, 3.05) is 13.7 Å². The number of hydrogen-bond donors (Lipinski definition) is 0. The molecule has 1 rings (SSSR count). The Hall–Kier alpha value is -1.68. The molecule has 0 radical (unpaired) electrons. The fourth-order valence-electron chi connectivity index (χ4n) is 1.33. The third-order valence-corrected chi connectivity index (χ3v) is 2.06. The fourth-order valence-corrected chi connectivity index (χ4v) is 1.33. The van der Waals surface area contributed by atoms with Crippen molar-refractivity contribution >= 4 is 12.1 Å². The second-order valence-electron chi connectivity index (χ2n) is 3.36. The van der Waals surface area contributed by atoms with E-state index in [0.29, 0.717) is 19.0 Å². The van der Waals surface area contributed by atoms with Crippen LogP contribution >= 0.6 is 0 Å². The quantitative estimate of drug-likeness (QED) is 0.446. The smallest absolute Gasteiger partial charge is 0.251 e. The lowest BCUT2D eigenvalue weighted by atomic mass is 10.1. The van der Waals surface area contributed by atoms with Crippen LogP contribution in [0.2, 0.25) is 0 Å². The molecule has 0 saturated carbocycles. The summed E-state index contributed by atoms with van der Waals surface area (Å²) in [5.74, 6) is 0.537. The van der Waals surface area contributed by atoms with Gasteiger partial charge in [0.2, 0.25) is 0 Å². The van der Waals surface area contributed by atoms with Crippen molar-refractivity contribution in [2.45, 2.75) is 20.5 Å². The third-order valence-electron chi connectivity index (χ3n) is 2.06. The first-order valence-corrected chi connectivity index (χ1v) is 5.59. The van der Waals surface area contributed by atoms with Gasteiger partial charge >= 0.3 is 0 Å². The predicted molar refractivity (Wildman–Crippen MR) is 69.5 cm³/mol. The highest BCUT2D eigenvalue weighted by atomic mass is 16.6. The molecule has 0 N–H and O–H groups in total. The predicted octanol–water partition coefficient (Wildman–Crippen LogP) is 2.62. The minimum atomic E-state index is 0.537. The lowest BCUT2D eigenvalue weighted by molar-refractivity contribution is 0.185. The van der Waals surface area contributed by atoms with Crippen LogP contribution in [-0.2, 0) is 16.2 Å². The molecule has 0 spiro atoms. The second kappa shape index (κ2) is 7.57.